The second-order valence-electron chi connectivity index (χ2n) is 3.68. The Bertz CT molecular complexity index is 444. The molecule has 0 saturated carbocycles. The van der Waals surface area contributed by atoms with Gasteiger partial charge in [-0.3, -0.25) is 10.1 Å². The molecule has 0 N–H and O–H groups in total. The average Bonchev–Trinajstić information content (AvgIpc) is 2.28. The molecular weight excluding hydrogens is 222 g/mol. The highest BCUT2D eigenvalue weighted by Crippen LogP contribution is 2.12. The van der Waals surface area contributed by atoms with Crippen molar-refractivity contribution < 1.29 is 14.5 Å². The van der Waals surface area contributed by atoms with Crippen molar-refractivity contribution in [2.45, 2.75) is 13.8 Å². The van der Waals surface area contributed by atoms with Crippen LogP contribution in [0.1, 0.15) is 24.2 Å². The van der Waals surface area contributed by atoms with Crippen molar-refractivity contribution in [3.63, 3.8) is 0 Å². The Balaban J connectivity index is 2.64. The molecule has 5 heteroatoms. The molecule has 0 heterocycles. The second kappa shape index (κ2) is 5.79. The quantitative estimate of drug-likeness (QED) is 0.348. The first-order chi connectivity index (χ1) is 8.00. The van der Waals surface area contributed by atoms with E-state index in [2.05, 4.69) is 0 Å². The Kier molecular flexibility index (Phi) is 4.39. The van der Waals surface area contributed by atoms with Crippen LogP contribution in [0.15, 0.2) is 35.9 Å². The fraction of sp³-hybridized carbons (Fsp3) is 0.250. The summed E-state index contributed by atoms with van der Waals surface area (Å²) in [4.78, 5) is 21.4. The largest absolute Gasteiger partial charge is 0.458 e. The number of carbonyl (C=O) groups excluding carboxylic acids is 1. The standard InChI is InChI=1S/C12H13NO4/c1-9(2)7-8-17-12(14)10-3-5-11(6-4-10)13(15)16/h3-7H,8H2,1-2H3. The maximum Gasteiger partial charge on any atom is 0.338 e. The number of hydrogen-bond donors (Lipinski definition) is 0. The van der Waals surface area contributed by atoms with Crippen molar-refractivity contribution in [3.05, 3.63) is 51.6 Å². The molecular formula is C12H13NO4. The molecule has 0 spiro atoms. The molecule has 1 aromatic carbocycles. The van der Waals surface area contributed by atoms with E-state index in [9.17, 15) is 14.9 Å². The van der Waals surface area contributed by atoms with E-state index in [1.165, 1.54) is 24.3 Å². The van der Waals surface area contributed by atoms with Gasteiger partial charge in [-0.15, -0.1) is 0 Å². The molecule has 0 fully saturated rings. The fourth-order valence-electron chi connectivity index (χ4n) is 1.09. The van der Waals surface area contributed by atoms with E-state index in [0.29, 0.717) is 5.56 Å². The average molecular weight is 235 g/mol. The predicted molar refractivity (Wildman–Crippen MR) is 62.8 cm³/mol. The van der Waals surface area contributed by atoms with Crippen LogP contribution in [-0.2, 0) is 4.74 Å². The molecule has 0 aliphatic rings. The second-order valence-corrected chi connectivity index (χ2v) is 3.68. The summed E-state index contributed by atoms with van der Waals surface area (Å²) in [7, 11) is 0. The molecule has 0 amide bonds. The van der Waals surface area contributed by atoms with Crippen molar-refractivity contribution >= 4 is 11.7 Å². The highest BCUT2D eigenvalue weighted by atomic mass is 16.6. The number of nitrogens with zero attached hydrogens (tertiary/aromatic N) is 1. The lowest BCUT2D eigenvalue weighted by atomic mass is 10.2. The zero-order valence-corrected chi connectivity index (χ0v) is 9.67. The van der Waals surface area contributed by atoms with Crippen LogP contribution in [0.4, 0.5) is 5.69 Å². The van der Waals surface area contributed by atoms with Crippen LogP contribution in [0.25, 0.3) is 0 Å². The SMILES string of the molecule is CC(C)=CCOC(=O)c1ccc([N+](=O)[O-])cc1. The van der Waals surface area contributed by atoms with E-state index < -0.39 is 10.9 Å². The first kappa shape index (κ1) is 12.9. The van der Waals surface area contributed by atoms with E-state index in [1.807, 2.05) is 13.8 Å². The Morgan fingerprint density at radius 1 is 1.35 bits per heavy atom. The van der Waals surface area contributed by atoms with Crippen LogP contribution >= 0.6 is 0 Å². The van der Waals surface area contributed by atoms with Gasteiger partial charge in [-0.25, -0.2) is 4.79 Å². The topological polar surface area (TPSA) is 69.4 Å². The number of ether oxygens (including phenoxy) is 1. The van der Waals surface area contributed by atoms with Gasteiger partial charge in [0.2, 0.25) is 0 Å². The van der Waals surface area contributed by atoms with E-state index in [0.717, 1.165) is 5.57 Å². The third kappa shape index (κ3) is 4.06. The van der Waals surface area contributed by atoms with Crippen molar-refractivity contribution in [3.8, 4) is 0 Å². The summed E-state index contributed by atoms with van der Waals surface area (Å²) < 4.78 is 4.95. The Morgan fingerprint density at radius 3 is 2.41 bits per heavy atom. The maximum atomic E-state index is 11.5. The zero-order chi connectivity index (χ0) is 12.8. The lowest BCUT2D eigenvalue weighted by Gasteiger charge is -2.01. The summed E-state index contributed by atoms with van der Waals surface area (Å²) in [5, 5.41) is 10.4. The summed E-state index contributed by atoms with van der Waals surface area (Å²) in [6.45, 7) is 4.01. The fourth-order valence-corrected chi connectivity index (χ4v) is 1.09. The normalized spacial score (nSPS) is 9.53. The van der Waals surface area contributed by atoms with E-state index in [-0.39, 0.29) is 12.3 Å². The Labute approximate surface area is 98.9 Å². The van der Waals surface area contributed by atoms with Crippen LogP contribution in [0.3, 0.4) is 0 Å². The molecule has 0 aliphatic heterocycles. The minimum atomic E-state index is -0.516. The molecule has 0 saturated heterocycles. The van der Waals surface area contributed by atoms with Crippen molar-refractivity contribution in [1.82, 2.24) is 0 Å². The maximum absolute atomic E-state index is 11.5. The summed E-state index contributed by atoms with van der Waals surface area (Å²) in [5.74, 6) is -0.489. The number of allylic oxidation sites excluding steroid dienone is 1. The summed E-state index contributed by atoms with van der Waals surface area (Å²) in [5.41, 5.74) is 1.31. The van der Waals surface area contributed by atoms with Crippen LogP contribution in [0.2, 0.25) is 0 Å². The van der Waals surface area contributed by atoms with Gasteiger partial charge in [0.25, 0.3) is 5.69 Å². The van der Waals surface area contributed by atoms with Crippen molar-refractivity contribution in [2.75, 3.05) is 6.61 Å². The third-order valence-electron chi connectivity index (χ3n) is 2.02. The molecule has 90 valence electrons. The number of carbonyl (C=O) groups is 1. The van der Waals surface area contributed by atoms with Crippen LogP contribution in [0.5, 0.6) is 0 Å². The van der Waals surface area contributed by atoms with Gasteiger partial charge < -0.3 is 4.74 Å². The molecule has 17 heavy (non-hydrogen) atoms. The highest BCUT2D eigenvalue weighted by Gasteiger charge is 2.09. The molecule has 0 aromatic heterocycles. The van der Waals surface area contributed by atoms with Gasteiger partial charge in [0.05, 0.1) is 10.5 Å². The van der Waals surface area contributed by atoms with Gasteiger partial charge in [0.1, 0.15) is 6.61 Å². The minimum absolute atomic E-state index is 0.0501. The van der Waals surface area contributed by atoms with Crippen molar-refractivity contribution in [2.24, 2.45) is 0 Å². The summed E-state index contributed by atoms with van der Waals surface area (Å²) in [6, 6.07) is 5.31. The zero-order valence-electron chi connectivity index (χ0n) is 9.67. The number of esters is 1. The predicted octanol–water partition coefficient (Wildman–Crippen LogP) is 2.72. The number of hydrogen-bond acceptors (Lipinski definition) is 4. The molecule has 0 atom stereocenters. The molecule has 0 radical (unpaired) electrons. The van der Waals surface area contributed by atoms with Gasteiger partial charge in [-0.1, -0.05) is 5.57 Å². The summed E-state index contributed by atoms with van der Waals surface area (Å²) in [6.07, 6.45) is 1.78. The Morgan fingerprint density at radius 2 is 1.94 bits per heavy atom. The lowest BCUT2D eigenvalue weighted by molar-refractivity contribution is -0.384. The minimum Gasteiger partial charge on any atom is -0.458 e. The number of nitro groups is 1. The molecule has 0 unspecified atom stereocenters. The van der Waals surface area contributed by atoms with Crippen LogP contribution in [-0.4, -0.2) is 17.5 Å². The van der Waals surface area contributed by atoms with E-state index in [4.69, 9.17) is 4.74 Å². The van der Waals surface area contributed by atoms with Crippen molar-refractivity contribution in [1.29, 1.82) is 0 Å². The molecule has 1 aromatic rings. The number of benzene rings is 1. The highest BCUT2D eigenvalue weighted by molar-refractivity contribution is 5.89. The van der Waals surface area contributed by atoms with E-state index in [1.54, 1.807) is 6.08 Å². The van der Waals surface area contributed by atoms with Gasteiger partial charge >= 0.3 is 5.97 Å². The monoisotopic (exact) mass is 235 g/mol. The van der Waals surface area contributed by atoms with Crippen LogP contribution in [0, 0.1) is 10.1 Å². The van der Waals surface area contributed by atoms with Gasteiger partial charge in [-0.05, 0) is 32.1 Å². The van der Waals surface area contributed by atoms with Gasteiger partial charge in [0, 0.05) is 12.1 Å². The van der Waals surface area contributed by atoms with Crippen LogP contribution < -0.4 is 0 Å². The third-order valence-corrected chi connectivity index (χ3v) is 2.02. The van der Waals surface area contributed by atoms with Gasteiger partial charge in [0.15, 0.2) is 0 Å². The molecule has 0 aliphatic carbocycles. The Hall–Kier alpha value is -2.17. The smallest absolute Gasteiger partial charge is 0.338 e. The lowest BCUT2D eigenvalue weighted by Crippen LogP contribution is -2.05. The number of rotatable bonds is 4. The van der Waals surface area contributed by atoms with E-state index >= 15 is 0 Å². The number of non-ortho nitro benzene ring substituents is 1. The molecule has 0 bridgehead atoms. The summed E-state index contributed by atoms with van der Waals surface area (Å²) >= 11 is 0. The molecule has 5 nitrogen and oxygen atoms in total. The number of nitro benzene ring substituents is 1. The first-order valence-corrected chi connectivity index (χ1v) is 5.05. The van der Waals surface area contributed by atoms with Gasteiger partial charge in [-0.2, -0.15) is 0 Å². The first-order valence-electron chi connectivity index (χ1n) is 5.05. The molecule has 1 rings (SSSR count).